The molecule has 0 bridgehead atoms. The maximum absolute atomic E-state index is 13.4. The minimum atomic E-state index is 0.0341. The molecule has 0 saturated carbocycles. The molecular formula is C20H20N4OS. The number of aryl methyl sites for hydroxylation is 1. The summed E-state index contributed by atoms with van der Waals surface area (Å²) >= 11 is 1.67. The van der Waals surface area contributed by atoms with E-state index in [2.05, 4.69) is 18.0 Å². The minimum Gasteiger partial charge on any atom is -0.292 e. The normalized spacial score (nSPS) is 16.4. The molecule has 0 radical (unpaired) electrons. The van der Waals surface area contributed by atoms with Crippen molar-refractivity contribution in [2.75, 3.05) is 0 Å². The summed E-state index contributed by atoms with van der Waals surface area (Å²) in [6.45, 7) is 2.78. The van der Waals surface area contributed by atoms with Crippen molar-refractivity contribution in [3.05, 3.63) is 45.3 Å². The van der Waals surface area contributed by atoms with Crippen molar-refractivity contribution in [3.8, 4) is 17.5 Å². The number of hydrogen-bond donors (Lipinski definition) is 0. The molecule has 4 rings (SSSR count). The van der Waals surface area contributed by atoms with Crippen molar-refractivity contribution in [3.63, 3.8) is 0 Å². The van der Waals surface area contributed by atoms with E-state index in [-0.39, 0.29) is 5.56 Å². The standard InChI is InChI=1S/C20H20N4OS/c1-13-4-5-15-16(12-13)26-19-17(15)20(25)24(11-3-2-8-21)18(23-19)14-6-9-22-10-7-14/h6-7,9-10,13H,2-5,11-12H2,1H3. The highest BCUT2D eigenvalue weighted by Gasteiger charge is 2.24. The lowest BCUT2D eigenvalue weighted by molar-refractivity contribution is 0.509. The smallest absolute Gasteiger partial charge is 0.262 e. The van der Waals surface area contributed by atoms with E-state index < -0.39 is 0 Å². The molecule has 3 heterocycles. The van der Waals surface area contributed by atoms with E-state index in [1.54, 1.807) is 28.3 Å². The van der Waals surface area contributed by atoms with Crippen molar-refractivity contribution in [1.29, 1.82) is 5.26 Å². The van der Waals surface area contributed by atoms with Crippen LogP contribution in [0.1, 0.15) is 36.6 Å². The van der Waals surface area contributed by atoms with Gasteiger partial charge in [0.05, 0.1) is 11.5 Å². The Balaban J connectivity index is 1.93. The summed E-state index contributed by atoms with van der Waals surface area (Å²) in [6.07, 6.45) is 7.62. The Morgan fingerprint density at radius 2 is 2.19 bits per heavy atom. The molecule has 0 saturated heterocycles. The average Bonchev–Trinajstić information content (AvgIpc) is 3.01. The summed E-state index contributed by atoms with van der Waals surface area (Å²) in [5, 5.41) is 9.66. The van der Waals surface area contributed by atoms with Gasteiger partial charge in [-0.25, -0.2) is 4.98 Å². The molecule has 1 aliphatic rings. The number of pyridine rings is 1. The predicted octanol–water partition coefficient (Wildman–Crippen LogP) is 3.95. The SMILES string of the molecule is CC1CCc2c(sc3nc(-c4ccncc4)n(CCCC#N)c(=O)c23)C1. The lowest BCUT2D eigenvalue weighted by atomic mass is 9.89. The fourth-order valence-electron chi connectivity index (χ4n) is 3.67. The maximum atomic E-state index is 13.4. The molecular weight excluding hydrogens is 344 g/mol. The van der Waals surface area contributed by atoms with E-state index in [4.69, 9.17) is 10.2 Å². The first-order chi connectivity index (χ1) is 12.7. The van der Waals surface area contributed by atoms with Gasteiger partial charge < -0.3 is 0 Å². The number of nitrogens with zero attached hydrogens (tertiary/aromatic N) is 4. The van der Waals surface area contributed by atoms with Crippen molar-refractivity contribution < 1.29 is 0 Å². The quantitative estimate of drug-likeness (QED) is 0.657. The van der Waals surface area contributed by atoms with E-state index in [1.807, 2.05) is 12.1 Å². The van der Waals surface area contributed by atoms with E-state index in [0.717, 1.165) is 35.0 Å². The van der Waals surface area contributed by atoms with Gasteiger partial charge in [-0.2, -0.15) is 5.26 Å². The van der Waals surface area contributed by atoms with Gasteiger partial charge in [-0.05, 0) is 49.3 Å². The summed E-state index contributed by atoms with van der Waals surface area (Å²) in [4.78, 5) is 24.5. The van der Waals surface area contributed by atoms with Crippen molar-refractivity contribution in [1.82, 2.24) is 14.5 Å². The van der Waals surface area contributed by atoms with Crippen LogP contribution < -0.4 is 5.56 Å². The third kappa shape index (κ3) is 2.93. The first-order valence-electron chi connectivity index (χ1n) is 9.01. The Morgan fingerprint density at radius 3 is 2.96 bits per heavy atom. The van der Waals surface area contributed by atoms with Crippen LogP contribution in [0.25, 0.3) is 21.6 Å². The highest BCUT2D eigenvalue weighted by Crippen LogP contribution is 2.36. The number of hydrogen-bond acceptors (Lipinski definition) is 5. The zero-order chi connectivity index (χ0) is 18.1. The molecule has 26 heavy (non-hydrogen) atoms. The first kappa shape index (κ1) is 16.9. The fourth-order valence-corrected chi connectivity index (χ4v) is 5.04. The summed E-state index contributed by atoms with van der Waals surface area (Å²) in [5.41, 5.74) is 2.12. The largest absolute Gasteiger partial charge is 0.292 e. The van der Waals surface area contributed by atoms with Gasteiger partial charge in [0.2, 0.25) is 0 Å². The van der Waals surface area contributed by atoms with Crippen LogP contribution in [0.2, 0.25) is 0 Å². The van der Waals surface area contributed by atoms with Gasteiger partial charge in [0.15, 0.2) is 0 Å². The molecule has 0 aliphatic heterocycles. The molecule has 6 heteroatoms. The predicted molar refractivity (Wildman–Crippen MR) is 103 cm³/mol. The van der Waals surface area contributed by atoms with Crippen LogP contribution in [0.4, 0.5) is 0 Å². The zero-order valence-corrected chi connectivity index (χ0v) is 15.6. The zero-order valence-electron chi connectivity index (χ0n) is 14.7. The monoisotopic (exact) mass is 364 g/mol. The summed E-state index contributed by atoms with van der Waals surface area (Å²) in [6, 6.07) is 5.92. The molecule has 0 aromatic carbocycles. The molecule has 0 spiro atoms. The second-order valence-corrected chi connectivity index (χ2v) is 8.01. The maximum Gasteiger partial charge on any atom is 0.262 e. The Morgan fingerprint density at radius 1 is 1.38 bits per heavy atom. The van der Waals surface area contributed by atoms with Gasteiger partial charge in [-0.15, -0.1) is 11.3 Å². The third-order valence-corrected chi connectivity index (χ3v) is 6.17. The van der Waals surface area contributed by atoms with Crippen LogP contribution in [-0.2, 0) is 19.4 Å². The molecule has 3 aromatic rings. The second-order valence-electron chi connectivity index (χ2n) is 6.92. The van der Waals surface area contributed by atoms with E-state index >= 15 is 0 Å². The van der Waals surface area contributed by atoms with Crippen LogP contribution in [0.5, 0.6) is 0 Å². The fraction of sp³-hybridized carbons (Fsp3) is 0.400. The van der Waals surface area contributed by atoms with Gasteiger partial charge >= 0.3 is 0 Å². The highest BCUT2D eigenvalue weighted by molar-refractivity contribution is 7.18. The molecule has 1 atom stereocenters. The number of nitriles is 1. The number of rotatable bonds is 4. The Kier molecular flexibility index (Phi) is 4.56. The van der Waals surface area contributed by atoms with Crippen LogP contribution in [0.15, 0.2) is 29.3 Å². The lowest BCUT2D eigenvalue weighted by Gasteiger charge is -2.17. The van der Waals surface area contributed by atoms with Gasteiger partial charge in [0.25, 0.3) is 5.56 Å². The Labute approximate surface area is 156 Å². The second kappa shape index (κ2) is 7.00. The van der Waals surface area contributed by atoms with E-state index in [1.165, 1.54) is 10.4 Å². The molecule has 0 fully saturated rings. The molecule has 0 amide bonds. The summed E-state index contributed by atoms with van der Waals surface area (Å²) < 4.78 is 1.75. The van der Waals surface area contributed by atoms with Gasteiger partial charge in [0, 0.05) is 35.8 Å². The highest BCUT2D eigenvalue weighted by atomic mass is 32.1. The number of unbranched alkanes of at least 4 members (excludes halogenated alkanes) is 1. The Hall–Kier alpha value is -2.52. The van der Waals surface area contributed by atoms with Crippen LogP contribution in [0, 0.1) is 17.2 Å². The third-order valence-electron chi connectivity index (χ3n) is 5.02. The van der Waals surface area contributed by atoms with Crippen molar-refractivity contribution >= 4 is 21.6 Å². The van der Waals surface area contributed by atoms with Gasteiger partial charge in [-0.3, -0.25) is 14.3 Å². The Bertz CT molecular complexity index is 1050. The summed E-state index contributed by atoms with van der Waals surface area (Å²) in [7, 11) is 0. The molecule has 5 nitrogen and oxygen atoms in total. The summed E-state index contributed by atoms with van der Waals surface area (Å²) in [5.74, 6) is 1.34. The van der Waals surface area contributed by atoms with Crippen LogP contribution >= 0.6 is 11.3 Å². The molecule has 1 unspecified atom stereocenters. The van der Waals surface area contributed by atoms with Crippen molar-refractivity contribution in [2.45, 2.75) is 45.6 Å². The molecule has 0 N–H and O–H groups in total. The number of aromatic nitrogens is 3. The van der Waals surface area contributed by atoms with Crippen LogP contribution in [-0.4, -0.2) is 14.5 Å². The number of fused-ring (bicyclic) bond motifs is 3. The average molecular weight is 364 g/mol. The van der Waals surface area contributed by atoms with Gasteiger partial charge in [0.1, 0.15) is 10.7 Å². The molecule has 132 valence electrons. The first-order valence-corrected chi connectivity index (χ1v) is 9.83. The van der Waals surface area contributed by atoms with Gasteiger partial charge in [-0.1, -0.05) is 6.92 Å². The topological polar surface area (TPSA) is 71.6 Å². The molecule has 1 aliphatic carbocycles. The van der Waals surface area contributed by atoms with Crippen molar-refractivity contribution in [2.24, 2.45) is 5.92 Å². The van der Waals surface area contributed by atoms with E-state index in [9.17, 15) is 4.79 Å². The lowest BCUT2D eigenvalue weighted by Crippen LogP contribution is -2.24. The van der Waals surface area contributed by atoms with E-state index in [0.29, 0.717) is 31.1 Å². The minimum absolute atomic E-state index is 0.0341. The van der Waals surface area contributed by atoms with Crippen LogP contribution in [0.3, 0.4) is 0 Å². The molecule has 3 aromatic heterocycles. The number of thiophene rings is 1.